The summed E-state index contributed by atoms with van der Waals surface area (Å²) in [5.74, 6) is -0.218. The van der Waals surface area contributed by atoms with Crippen LogP contribution < -0.4 is 4.90 Å². The molecule has 0 aliphatic rings. The Bertz CT molecular complexity index is 770. The minimum atomic E-state index is -3.24. The highest BCUT2D eigenvalue weighted by Crippen LogP contribution is 2.20. The third kappa shape index (κ3) is 3.62. The number of carbonyl (C=O) groups is 1. The second kappa shape index (κ2) is 5.87. The number of anilines is 1. The Morgan fingerprint density at radius 2 is 1.71 bits per heavy atom. The van der Waals surface area contributed by atoms with Crippen LogP contribution in [0.5, 0.6) is 0 Å². The van der Waals surface area contributed by atoms with Crippen molar-refractivity contribution in [1.29, 1.82) is 0 Å². The highest BCUT2D eigenvalue weighted by molar-refractivity contribution is 7.90. The molecule has 0 radical (unpaired) electrons. The van der Waals surface area contributed by atoms with Crippen LogP contribution in [-0.2, 0) is 9.84 Å². The number of sulfone groups is 1. The molecular weight excluding hydrogens is 310 g/mol. The fraction of sp³-hybridized carbons (Fsp3) is 0.133. The molecule has 1 amide bonds. The zero-order valence-electron chi connectivity index (χ0n) is 11.6. The molecule has 0 unspecified atom stereocenters. The van der Waals surface area contributed by atoms with Gasteiger partial charge < -0.3 is 4.90 Å². The molecule has 0 N–H and O–H groups in total. The number of benzene rings is 2. The van der Waals surface area contributed by atoms with E-state index >= 15 is 0 Å². The van der Waals surface area contributed by atoms with Gasteiger partial charge in [-0.3, -0.25) is 4.79 Å². The quantitative estimate of drug-likeness (QED) is 0.872. The Hall–Kier alpha value is -1.85. The third-order valence-electron chi connectivity index (χ3n) is 3.03. The van der Waals surface area contributed by atoms with Crippen LogP contribution in [0, 0.1) is 0 Å². The van der Waals surface area contributed by atoms with Crippen LogP contribution in [0.25, 0.3) is 0 Å². The van der Waals surface area contributed by atoms with Crippen LogP contribution in [-0.4, -0.2) is 27.6 Å². The van der Waals surface area contributed by atoms with Crippen molar-refractivity contribution >= 4 is 33.0 Å². The van der Waals surface area contributed by atoms with E-state index in [0.717, 1.165) is 6.26 Å². The van der Waals surface area contributed by atoms with Crippen LogP contribution in [0.1, 0.15) is 10.4 Å². The van der Waals surface area contributed by atoms with Gasteiger partial charge in [0.05, 0.1) is 4.90 Å². The van der Waals surface area contributed by atoms with Crippen LogP contribution in [0.4, 0.5) is 5.69 Å². The van der Waals surface area contributed by atoms with E-state index in [-0.39, 0.29) is 10.8 Å². The first-order valence-corrected chi connectivity index (χ1v) is 8.40. The standard InChI is InChI=1S/C15H14ClNO3S/c1-17(15(18)11-4-3-5-12(16)10-11)13-6-8-14(9-7-13)21(2,19)20/h3-10H,1-2H3. The van der Waals surface area contributed by atoms with Gasteiger partial charge in [0.1, 0.15) is 0 Å². The van der Waals surface area contributed by atoms with E-state index in [1.807, 2.05) is 0 Å². The maximum atomic E-state index is 12.3. The fourth-order valence-electron chi connectivity index (χ4n) is 1.85. The van der Waals surface area contributed by atoms with Crippen molar-refractivity contribution in [3.63, 3.8) is 0 Å². The van der Waals surface area contributed by atoms with Gasteiger partial charge in [0.2, 0.25) is 0 Å². The summed E-state index contributed by atoms with van der Waals surface area (Å²) in [6.07, 6.45) is 1.14. The van der Waals surface area contributed by atoms with Gasteiger partial charge in [-0.25, -0.2) is 8.42 Å². The van der Waals surface area contributed by atoms with Gasteiger partial charge in [0.25, 0.3) is 5.91 Å². The van der Waals surface area contributed by atoms with Crippen molar-refractivity contribution in [2.24, 2.45) is 0 Å². The normalized spacial score (nSPS) is 11.2. The van der Waals surface area contributed by atoms with E-state index in [0.29, 0.717) is 16.3 Å². The van der Waals surface area contributed by atoms with E-state index in [9.17, 15) is 13.2 Å². The Morgan fingerprint density at radius 1 is 1.10 bits per heavy atom. The van der Waals surface area contributed by atoms with Gasteiger partial charge in [-0.15, -0.1) is 0 Å². The monoisotopic (exact) mass is 323 g/mol. The molecule has 0 aliphatic heterocycles. The first kappa shape index (κ1) is 15.5. The lowest BCUT2D eigenvalue weighted by Gasteiger charge is -2.17. The molecule has 4 nitrogen and oxygen atoms in total. The van der Waals surface area contributed by atoms with E-state index in [1.165, 1.54) is 17.0 Å². The van der Waals surface area contributed by atoms with Crippen LogP contribution in [0.15, 0.2) is 53.4 Å². The summed E-state index contributed by atoms with van der Waals surface area (Å²) in [5.41, 5.74) is 1.07. The van der Waals surface area contributed by atoms with E-state index in [4.69, 9.17) is 11.6 Å². The molecule has 0 aromatic heterocycles. The Kier molecular flexibility index (Phi) is 4.34. The summed E-state index contributed by atoms with van der Waals surface area (Å²) in [6.45, 7) is 0. The molecule has 0 fully saturated rings. The fourth-order valence-corrected chi connectivity index (χ4v) is 2.67. The second-order valence-electron chi connectivity index (χ2n) is 4.64. The Morgan fingerprint density at radius 3 is 2.24 bits per heavy atom. The number of carbonyl (C=O) groups excluding carboxylic acids is 1. The number of amides is 1. The smallest absolute Gasteiger partial charge is 0.258 e. The number of nitrogens with zero attached hydrogens (tertiary/aromatic N) is 1. The lowest BCUT2D eigenvalue weighted by Crippen LogP contribution is -2.26. The summed E-state index contributed by atoms with van der Waals surface area (Å²) in [7, 11) is -1.62. The second-order valence-corrected chi connectivity index (χ2v) is 7.09. The van der Waals surface area contributed by atoms with Gasteiger partial charge in [0.15, 0.2) is 9.84 Å². The first-order chi connectivity index (χ1) is 9.79. The van der Waals surface area contributed by atoms with Crippen molar-refractivity contribution in [2.75, 3.05) is 18.2 Å². The summed E-state index contributed by atoms with van der Waals surface area (Å²) >= 11 is 5.87. The highest BCUT2D eigenvalue weighted by Gasteiger charge is 2.14. The molecule has 0 saturated heterocycles. The van der Waals surface area contributed by atoms with Crippen molar-refractivity contribution in [2.45, 2.75) is 4.90 Å². The maximum absolute atomic E-state index is 12.3. The molecule has 0 bridgehead atoms. The Balaban J connectivity index is 2.28. The summed E-state index contributed by atoms with van der Waals surface area (Å²) < 4.78 is 22.8. The van der Waals surface area contributed by atoms with Crippen molar-refractivity contribution in [3.8, 4) is 0 Å². The lowest BCUT2D eigenvalue weighted by atomic mass is 10.2. The van der Waals surface area contributed by atoms with E-state index in [2.05, 4.69) is 0 Å². The number of hydrogen-bond donors (Lipinski definition) is 0. The number of rotatable bonds is 3. The number of hydrogen-bond acceptors (Lipinski definition) is 3. The SMILES string of the molecule is CN(C(=O)c1cccc(Cl)c1)c1ccc(S(C)(=O)=O)cc1. The molecule has 0 aliphatic carbocycles. The molecule has 2 aromatic rings. The van der Waals surface area contributed by atoms with E-state index in [1.54, 1.807) is 43.4 Å². The molecule has 21 heavy (non-hydrogen) atoms. The zero-order chi connectivity index (χ0) is 15.6. The topological polar surface area (TPSA) is 54.5 Å². The van der Waals surface area contributed by atoms with Crippen LogP contribution in [0.3, 0.4) is 0 Å². The molecule has 0 saturated carbocycles. The van der Waals surface area contributed by atoms with Gasteiger partial charge in [-0.1, -0.05) is 17.7 Å². The molecule has 2 rings (SSSR count). The first-order valence-electron chi connectivity index (χ1n) is 6.13. The molecule has 0 spiro atoms. The maximum Gasteiger partial charge on any atom is 0.258 e. The van der Waals surface area contributed by atoms with Crippen LogP contribution >= 0.6 is 11.6 Å². The summed E-state index contributed by atoms with van der Waals surface area (Å²) in [6, 6.07) is 12.8. The summed E-state index contributed by atoms with van der Waals surface area (Å²) in [4.78, 5) is 14.0. The number of halogens is 1. The average molecular weight is 324 g/mol. The van der Waals surface area contributed by atoms with Gasteiger partial charge >= 0.3 is 0 Å². The van der Waals surface area contributed by atoms with Gasteiger partial charge in [0, 0.05) is 29.6 Å². The van der Waals surface area contributed by atoms with Crippen molar-refractivity contribution < 1.29 is 13.2 Å². The largest absolute Gasteiger partial charge is 0.311 e. The molecular formula is C15H14ClNO3S. The van der Waals surface area contributed by atoms with Gasteiger partial charge in [-0.05, 0) is 42.5 Å². The summed E-state index contributed by atoms with van der Waals surface area (Å²) in [5, 5.41) is 0.488. The predicted octanol–water partition coefficient (Wildman–Crippen LogP) is 3.02. The average Bonchev–Trinajstić information content (AvgIpc) is 2.45. The third-order valence-corrected chi connectivity index (χ3v) is 4.39. The predicted molar refractivity (Wildman–Crippen MR) is 83.7 cm³/mol. The lowest BCUT2D eigenvalue weighted by molar-refractivity contribution is 0.0993. The van der Waals surface area contributed by atoms with Crippen molar-refractivity contribution in [1.82, 2.24) is 0 Å². The highest BCUT2D eigenvalue weighted by atomic mass is 35.5. The molecule has 0 heterocycles. The van der Waals surface area contributed by atoms with E-state index < -0.39 is 9.84 Å². The molecule has 0 atom stereocenters. The Labute approximate surface area is 128 Å². The minimum Gasteiger partial charge on any atom is -0.311 e. The molecule has 110 valence electrons. The minimum absolute atomic E-state index is 0.217. The molecule has 2 aromatic carbocycles. The van der Waals surface area contributed by atoms with Crippen LogP contribution in [0.2, 0.25) is 5.02 Å². The zero-order valence-corrected chi connectivity index (χ0v) is 13.1. The van der Waals surface area contributed by atoms with Crippen molar-refractivity contribution in [3.05, 3.63) is 59.1 Å². The molecule has 6 heteroatoms. The van der Waals surface area contributed by atoms with Gasteiger partial charge in [-0.2, -0.15) is 0 Å².